The van der Waals surface area contributed by atoms with Gasteiger partial charge in [-0.3, -0.25) is 0 Å². The van der Waals surface area contributed by atoms with Crippen molar-refractivity contribution >= 4 is 5.97 Å². The molecule has 0 fully saturated rings. The summed E-state index contributed by atoms with van der Waals surface area (Å²) < 4.78 is 9.05. The highest BCUT2D eigenvalue weighted by atomic mass is 16.6. The van der Waals surface area contributed by atoms with Crippen molar-refractivity contribution in [1.82, 2.24) is 0 Å². The zero-order valence-corrected chi connectivity index (χ0v) is 6.93. The SMILES string of the molecule is COC1=C(O)C([C@@H](O)CO)OC1=O. The molecule has 74 valence electrons. The van der Waals surface area contributed by atoms with Gasteiger partial charge in [0, 0.05) is 0 Å². The first kappa shape index (κ1) is 9.82. The molecule has 6 heteroatoms. The van der Waals surface area contributed by atoms with Crippen LogP contribution in [0.3, 0.4) is 0 Å². The van der Waals surface area contributed by atoms with Gasteiger partial charge in [-0.25, -0.2) is 4.79 Å². The second-order valence-corrected chi connectivity index (χ2v) is 2.49. The van der Waals surface area contributed by atoms with Crippen molar-refractivity contribution in [1.29, 1.82) is 0 Å². The molecular formula is C7H10O6. The first-order valence-electron chi connectivity index (χ1n) is 3.58. The lowest BCUT2D eigenvalue weighted by molar-refractivity contribution is -0.148. The van der Waals surface area contributed by atoms with Crippen molar-refractivity contribution < 1.29 is 29.6 Å². The molecule has 0 aromatic rings. The van der Waals surface area contributed by atoms with Gasteiger partial charge in [-0.15, -0.1) is 0 Å². The van der Waals surface area contributed by atoms with E-state index in [4.69, 9.17) is 10.2 Å². The van der Waals surface area contributed by atoms with Crippen molar-refractivity contribution in [3.63, 3.8) is 0 Å². The summed E-state index contributed by atoms with van der Waals surface area (Å²) in [6.07, 6.45) is -2.57. The molecule has 13 heavy (non-hydrogen) atoms. The number of aliphatic hydroxyl groups excluding tert-OH is 3. The Kier molecular flexibility index (Phi) is 2.74. The Morgan fingerprint density at radius 1 is 1.69 bits per heavy atom. The van der Waals surface area contributed by atoms with Crippen LogP contribution in [-0.4, -0.2) is 47.2 Å². The Bertz CT molecular complexity index is 245. The van der Waals surface area contributed by atoms with E-state index in [-0.39, 0.29) is 5.76 Å². The highest BCUT2D eigenvalue weighted by Crippen LogP contribution is 2.23. The van der Waals surface area contributed by atoms with E-state index >= 15 is 0 Å². The topological polar surface area (TPSA) is 96.2 Å². The van der Waals surface area contributed by atoms with E-state index in [1.807, 2.05) is 0 Å². The van der Waals surface area contributed by atoms with Gasteiger partial charge in [-0.1, -0.05) is 0 Å². The van der Waals surface area contributed by atoms with Crippen molar-refractivity contribution in [3.8, 4) is 0 Å². The monoisotopic (exact) mass is 190 g/mol. The minimum atomic E-state index is -1.34. The molecule has 3 N–H and O–H groups in total. The summed E-state index contributed by atoms with van der Waals surface area (Å²) in [7, 11) is 1.19. The Labute approximate surface area is 74.0 Å². The third-order valence-electron chi connectivity index (χ3n) is 1.66. The van der Waals surface area contributed by atoms with Crippen LogP contribution in [-0.2, 0) is 14.3 Å². The molecule has 0 saturated carbocycles. The van der Waals surface area contributed by atoms with Gasteiger partial charge in [0.2, 0.25) is 5.76 Å². The molecule has 0 aromatic carbocycles. The number of esters is 1. The molecular weight excluding hydrogens is 180 g/mol. The van der Waals surface area contributed by atoms with Gasteiger partial charge in [-0.05, 0) is 0 Å². The molecule has 1 heterocycles. The first-order chi connectivity index (χ1) is 6.11. The zero-order chi connectivity index (χ0) is 10.0. The lowest BCUT2D eigenvalue weighted by Crippen LogP contribution is -2.31. The fourth-order valence-electron chi connectivity index (χ4n) is 1.00. The fourth-order valence-corrected chi connectivity index (χ4v) is 1.00. The van der Waals surface area contributed by atoms with Gasteiger partial charge in [0.05, 0.1) is 13.7 Å². The molecule has 0 bridgehead atoms. The summed E-state index contributed by atoms with van der Waals surface area (Å²) in [6.45, 7) is -0.612. The summed E-state index contributed by atoms with van der Waals surface area (Å²) in [5.41, 5.74) is 0. The van der Waals surface area contributed by atoms with Crippen molar-refractivity contribution in [2.24, 2.45) is 0 Å². The van der Waals surface area contributed by atoms with Gasteiger partial charge in [-0.2, -0.15) is 0 Å². The van der Waals surface area contributed by atoms with E-state index in [0.717, 1.165) is 0 Å². The summed E-state index contributed by atoms with van der Waals surface area (Å²) in [5.74, 6) is -1.68. The molecule has 1 aliphatic heterocycles. The minimum Gasteiger partial charge on any atom is -0.505 e. The summed E-state index contributed by atoms with van der Waals surface area (Å²) in [6, 6.07) is 0. The summed E-state index contributed by atoms with van der Waals surface area (Å²) in [4.78, 5) is 10.9. The van der Waals surface area contributed by atoms with Crippen LogP contribution in [0.5, 0.6) is 0 Å². The number of aliphatic hydroxyl groups is 3. The number of ether oxygens (including phenoxy) is 2. The van der Waals surface area contributed by atoms with Crippen LogP contribution in [0, 0.1) is 0 Å². The van der Waals surface area contributed by atoms with Gasteiger partial charge >= 0.3 is 5.97 Å². The van der Waals surface area contributed by atoms with Gasteiger partial charge < -0.3 is 24.8 Å². The quantitative estimate of drug-likeness (QED) is 0.478. The fraction of sp³-hybridized carbons (Fsp3) is 0.571. The molecule has 6 nitrogen and oxygen atoms in total. The first-order valence-corrected chi connectivity index (χ1v) is 3.58. The number of carbonyl (C=O) groups is 1. The number of carbonyl (C=O) groups excluding carboxylic acids is 1. The van der Waals surface area contributed by atoms with Crippen LogP contribution in [0.15, 0.2) is 11.5 Å². The third kappa shape index (κ3) is 1.58. The van der Waals surface area contributed by atoms with Crippen LogP contribution in [0.2, 0.25) is 0 Å². The maximum atomic E-state index is 10.9. The van der Waals surface area contributed by atoms with Crippen LogP contribution >= 0.6 is 0 Å². The molecule has 1 rings (SSSR count). The van der Waals surface area contributed by atoms with Crippen molar-refractivity contribution in [3.05, 3.63) is 11.5 Å². The van der Waals surface area contributed by atoms with E-state index in [1.165, 1.54) is 7.11 Å². The predicted molar refractivity (Wildman–Crippen MR) is 39.6 cm³/mol. The Morgan fingerprint density at radius 3 is 2.69 bits per heavy atom. The average molecular weight is 190 g/mol. The molecule has 1 unspecified atom stereocenters. The smallest absolute Gasteiger partial charge is 0.378 e. The van der Waals surface area contributed by atoms with E-state index in [2.05, 4.69) is 9.47 Å². The normalized spacial score (nSPS) is 24.5. The number of methoxy groups -OCH3 is 1. The molecule has 0 aliphatic carbocycles. The second-order valence-electron chi connectivity index (χ2n) is 2.49. The van der Waals surface area contributed by atoms with E-state index in [1.54, 1.807) is 0 Å². The Morgan fingerprint density at radius 2 is 2.31 bits per heavy atom. The number of hydrogen-bond acceptors (Lipinski definition) is 6. The molecule has 0 aromatic heterocycles. The van der Waals surface area contributed by atoms with Gasteiger partial charge in [0.1, 0.15) is 6.10 Å². The predicted octanol–water partition coefficient (Wildman–Crippen LogP) is -1.32. The highest BCUT2D eigenvalue weighted by Gasteiger charge is 2.39. The number of rotatable bonds is 3. The largest absolute Gasteiger partial charge is 0.505 e. The Balaban J connectivity index is 2.84. The molecule has 0 spiro atoms. The zero-order valence-electron chi connectivity index (χ0n) is 6.93. The standard InChI is InChI=1S/C7H10O6/c1-12-6-4(10)5(3(9)2-8)13-7(6)11/h3,5,8-10H,2H2,1H3/t3-,5?/m0/s1. The number of cyclic esters (lactones) is 1. The van der Waals surface area contributed by atoms with E-state index < -0.39 is 30.5 Å². The lowest BCUT2D eigenvalue weighted by atomic mass is 10.2. The molecule has 0 amide bonds. The van der Waals surface area contributed by atoms with Gasteiger partial charge in [0.25, 0.3) is 0 Å². The summed E-state index contributed by atoms with van der Waals surface area (Å²) >= 11 is 0. The number of hydrogen-bond donors (Lipinski definition) is 3. The molecule has 0 saturated heterocycles. The highest BCUT2D eigenvalue weighted by molar-refractivity contribution is 5.89. The third-order valence-corrected chi connectivity index (χ3v) is 1.66. The minimum absolute atomic E-state index is 0.336. The van der Waals surface area contributed by atoms with E-state index in [9.17, 15) is 9.90 Å². The van der Waals surface area contributed by atoms with Crippen molar-refractivity contribution in [2.75, 3.05) is 13.7 Å². The Hall–Kier alpha value is -1.27. The molecule has 1 aliphatic rings. The maximum Gasteiger partial charge on any atom is 0.378 e. The molecule has 0 radical (unpaired) electrons. The van der Waals surface area contributed by atoms with Crippen molar-refractivity contribution in [2.45, 2.75) is 12.2 Å². The average Bonchev–Trinajstić information content (AvgIpc) is 2.40. The maximum absolute atomic E-state index is 10.9. The van der Waals surface area contributed by atoms with E-state index in [0.29, 0.717) is 0 Å². The summed E-state index contributed by atoms with van der Waals surface area (Å²) in [5, 5.41) is 26.9. The van der Waals surface area contributed by atoms with Crippen LogP contribution < -0.4 is 0 Å². The second kappa shape index (κ2) is 3.63. The van der Waals surface area contributed by atoms with Crippen LogP contribution in [0.4, 0.5) is 0 Å². The van der Waals surface area contributed by atoms with Crippen LogP contribution in [0.25, 0.3) is 0 Å². The van der Waals surface area contributed by atoms with Gasteiger partial charge in [0.15, 0.2) is 11.9 Å². The van der Waals surface area contributed by atoms with Crippen LogP contribution in [0.1, 0.15) is 0 Å². The lowest BCUT2D eigenvalue weighted by Gasteiger charge is -2.13. The molecule has 2 atom stereocenters.